The molecular formula is C20H14BrNO4. The lowest BCUT2D eigenvalue weighted by Crippen LogP contribution is -2.50. The number of hydrogen-bond acceptors (Lipinski definition) is 3. The van der Waals surface area contributed by atoms with Gasteiger partial charge in [0.15, 0.2) is 0 Å². The van der Waals surface area contributed by atoms with Crippen LogP contribution in [0.5, 0.6) is 0 Å². The summed E-state index contributed by atoms with van der Waals surface area (Å²) in [5, 5.41) is 9.14. The van der Waals surface area contributed by atoms with Gasteiger partial charge in [0.2, 0.25) is 11.8 Å². The predicted octanol–water partition coefficient (Wildman–Crippen LogP) is 2.47. The third-order valence-corrected chi connectivity index (χ3v) is 7.25. The molecule has 0 aromatic heterocycles. The van der Waals surface area contributed by atoms with Crippen molar-refractivity contribution in [2.75, 3.05) is 6.54 Å². The molecule has 2 bridgehead atoms. The SMILES string of the molecule is O=C(O)CN1C(=O)[C@@H]2C3c4ccccc4C(Br)(c4ccccc43)[C@H]2C1=O. The average Bonchev–Trinajstić information content (AvgIpc) is 2.88. The molecular weight excluding hydrogens is 398 g/mol. The molecule has 6 heteroatoms. The first-order valence-electron chi connectivity index (χ1n) is 8.41. The Balaban J connectivity index is 1.80. The molecule has 5 nitrogen and oxygen atoms in total. The summed E-state index contributed by atoms with van der Waals surface area (Å²) in [5.41, 5.74) is 4.04. The smallest absolute Gasteiger partial charge is 0.323 e. The van der Waals surface area contributed by atoms with Gasteiger partial charge in [0.05, 0.1) is 16.2 Å². The molecule has 26 heavy (non-hydrogen) atoms. The van der Waals surface area contributed by atoms with Crippen molar-refractivity contribution in [2.45, 2.75) is 10.2 Å². The van der Waals surface area contributed by atoms with Gasteiger partial charge in [0.25, 0.3) is 0 Å². The largest absolute Gasteiger partial charge is 0.480 e. The molecule has 6 rings (SSSR count). The van der Waals surface area contributed by atoms with Gasteiger partial charge in [-0.3, -0.25) is 19.3 Å². The van der Waals surface area contributed by atoms with Crippen molar-refractivity contribution in [3.63, 3.8) is 0 Å². The minimum Gasteiger partial charge on any atom is -0.480 e. The molecule has 0 unspecified atom stereocenters. The van der Waals surface area contributed by atoms with Crippen molar-refractivity contribution in [3.8, 4) is 0 Å². The molecule has 130 valence electrons. The van der Waals surface area contributed by atoms with Crippen LogP contribution in [0.3, 0.4) is 0 Å². The molecule has 1 fully saturated rings. The molecule has 2 aromatic rings. The summed E-state index contributed by atoms with van der Waals surface area (Å²) in [5.74, 6) is -3.43. The van der Waals surface area contributed by atoms with E-state index >= 15 is 0 Å². The number of rotatable bonds is 2. The Morgan fingerprint density at radius 2 is 1.54 bits per heavy atom. The van der Waals surface area contributed by atoms with Crippen molar-refractivity contribution in [1.82, 2.24) is 4.90 Å². The Labute approximate surface area is 157 Å². The van der Waals surface area contributed by atoms with E-state index in [1.54, 1.807) is 0 Å². The zero-order valence-electron chi connectivity index (χ0n) is 13.6. The van der Waals surface area contributed by atoms with Gasteiger partial charge in [-0.25, -0.2) is 0 Å². The Kier molecular flexibility index (Phi) is 3.05. The first kappa shape index (κ1) is 15.8. The van der Waals surface area contributed by atoms with E-state index in [2.05, 4.69) is 15.9 Å². The predicted molar refractivity (Wildman–Crippen MR) is 95.8 cm³/mol. The first-order valence-corrected chi connectivity index (χ1v) is 9.20. The van der Waals surface area contributed by atoms with Crippen LogP contribution in [0.15, 0.2) is 48.5 Å². The normalized spacial score (nSPS) is 30.8. The van der Waals surface area contributed by atoms with Gasteiger partial charge in [-0.1, -0.05) is 64.5 Å². The molecule has 2 atom stereocenters. The fraction of sp³-hybridized carbons (Fsp3) is 0.250. The van der Waals surface area contributed by atoms with E-state index < -0.39 is 34.6 Å². The van der Waals surface area contributed by atoms with Gasteiger partial charge in [-0.05, 0) is 22.3 Å². The standard InChI is InChI=1S/C20H14BrNO4/c21-20-12-7-3-1-5-10(12)15(11-6-2-4-8-13(11)20)16-17(20)19(26)22(18(16)25)9-14(23)24/h1-8,15-17H,9H2,(H,23,24)/t15?,16-,17-,20?/m1/s1. The van der Waals surface area contributed by atoms with E-state index in [-0.39, 0.29) is 11.8 Å². The molecule has 2 aromatic carbocycles. The van der Waals surface area contributed by atoms with Crippen molar-refractivity contribution in [2.24, 2.45) is 11.8 Å². The third kappa shape index (κ3) is 1.68. The maximum Gasteiger partial charge on any atom is 0.323 e. The number of hydrogen-bond donors (Lipinski definition) is 1. The summed E-state index contributed by atoms with van der Waals surface area (Å²) >= 11 is 3.85. The number of imide groups is 1. The van der Waals surface area contributed by atoms with Gasteiger partial charge in [0.1, 0.15) is 6.54 Å². The lowest BCUT2D eigenvalue weighted by molar-refractivity contribution is -0.149. The molecule has 4 aliphatic rings. The Morgan fingerprint density at radius 3 is 2.08 bits per heavy atom. The van der Waals surface area contributed by atoms with Crippen LogP contribution in [0.1, 0.15) is 28.2 Å². The summed E-state index contributed by atoms with van der Waals surface area (Å²) in [4.78, 5) is 38.3. The molecule has 1 heterocycles. The average molecular weight is 412 g/mol. The Bertz CT molecular complexity index is 953. The maximum atomic E-state index is 13.1. The van der Waals surface area contributed by atoms with E-state index in [1.165, 1.54) is 0 Å². The first-order chi connectivity index (χ1) is 12.5. The minimum atomic E-state index is -1.18. The lowest BCUT2D eigenvalue weighted by Gasteiger charge is -2.51. The number of nitrogens with zero attached hydrogens (tertiary/aromatic N) is 1. The molecule has 1 N–H and O–H groups in total. The quantitative estimate of drug-likeness (QED) is 0.608. The monoisotopic (exact) mass is 411 g/mol. The summed E-state index contributed by atoms with van der Waals surface area (Å²) in [6.07, 6.45) is 0. The fourth-order valence-electron chi connectivity index (χ4n) is 5.03. The van der Waals surface area contributed by atoms with E-state index in [9.17, 15) is 14.4 Å². The van der Waals surface area contributed by atoms with Crippen molar-refractivity contribution >= 4 is 33.7 Å². The molecule has 3 aliphatic carbocycles. The number of benzene rings is 2. The second kappa shape index (κ2) is 5.04. The zero-order valence-corrected chi connectivity index (χ0v) is 15.1. The molecule has 0 spiro atoms. The second-order valence-electron chi connectivity index (χ2n) is 7.02. The highest BCUT2D eigenvalue weighted by molar-refractivity contribution is 9.09. The highest BCUT2D eigenvalue weighted by Gasteiger charge is 2.67. The molecule has 0 radical (unpaired) electrons. The van der Waals surface area contributed by atoms with Crippen LogP contribution >= 0.6 is 15.9 Å². The topological polar surface area (TPSA) is 74.7 Å². The maximum absolute atomic E-state index is 13.1. The highest BCUT2D eigenvalue weighted by Crippen LogP contribution is 2.66. The molecule has 1 saturated heterocycles. The van der Waals surface area contributed by atoms with Crippen LogP contribution in [0.25, 0.3) is 0 Å². The molecule has 2 amide bonds. The lowest BCUT2D eigenvalue weighted by atomic mass is 9.55. The van der Waals surface area contributed by atoms with E-state index in [0.29, 0.717) is 0 Å². The summed E-state index contributed by atoms with van der Waals surface area (Å²) in [7, 11) is 0. The second-order valence-corrected chi connectivity index (χ2v) is 8.27. The van der Waals surface area contributed by atoms with Crippen molar-refractivity contribution in [1.29, 1.82) is 0 Å². The number of halogens is 1. The number of amides is 2. The number of carbonyl (C=O) groups excluding carboxylic acids is 2. The van der Waals surface area contributed by atoms with Crippen LogP contribution in [0.2, 0.25) is 0 Å². The van der Waals surface area contributed by atoms with Crippen LogP contribution in [-0.2, 0) is 18.7 Å². The van der Waals surface area contributed by atoms with Gasteiger partial charge >= 0.3 is 5.97 Å². The summed E-state index contributed by atoms with van der Waals surface area (Å²) in [6.45, 7) is -0.590. The van der Waals surface area contributed by atoms with Crippen LogP contribution in [-0.4, -0.2) is 34.3 Å². The number of carboxylic acid groups (broad SMARTS) is 1. The summed E-state index contributed by atoms with van der Waals surface area (Å²) < 4.78 is -0.820. The van der Waals surface area contributed by atoms with Crippen LogP contribution in [0, 0.1) is 11.8 Å². The van der Waals surface area contributed by atoms with Crippen molar-refractivity contribution < 1.29 is 19.5 Å². The van der Waals surface area contributed by atoms with Crippen LogP contribution < -0.4 is 0 Å². The van der Waals surface area contributed by atoms with E-state index in [0.717, 1.165) is 27.2 Å². The molecule has 0 saturated carbocycles. The van der Waals surface area contributed by atoms with Crippen molar-refractivity contribution in [3.05, 3.63) is 70.8 Å². The van der Waals surface area contributed by atoms with E-state index in [4.69, 9.17) is 5.11 Å². The molecule has 1 aliphatic heterocycles. The number of alkyl halides is 1. The Hall–Kier alpha value is -2.47. The number of likely N-dealkylation sites (tertiary alicyclic amines) is 1. The zero-order chi connectivity index (χ0) is 18.2. The van der Waals surface area contributed by atoms with Gasteiger partial charge in [-0.15, -0.1) is 0 Å². The Morgan fingerprint density at radius 1 is 1.00 bits per heavy atom. The minimum absolute atomic E-state index is 0.234. The third-order valence-electron chi connectivity index (χ3n) is 5.90. The number of carbonyl (C=O) groups is 3. The number of aliphatic carboxylic acids is 1. The van der Waals surface area contributed by atoms with Crippen LogP contribution in [0.4, 0.5) is 0 Å². The summed E-state index contributed by atoms with van der Waals surface area (Å²) in [6, 6.07) is 15.7. The highest BCUT2D eigenvalue weighted by atomic mass is 79.9. The van der Waals surface area contributed by atoms with Gasteiger partial charge < -0.3 is 5.11 Å². The number of carboxylic acids is 1. The fourth-order valence-corrected chi connectivity index (χ4v) is 6.23. The van der Waals surface area contributed by atoms with Gasteiger partial charge in [-0.2, -0.15) is 0 Å². The van der Waals surface area contributed by atoms with Gasteiger partial charge in [0, 0.05) is 5.92 Å². The van der Waals surface area contributed by atoms with E-state index in [1.807, 2.05) is 48.5 Å².